The molecule has 0 aliphatic heterocycles. The summed E-state index contributed by atoms with van der Waals surface area (Å²) in [6, 6.07) is 0. The fourth-order valence-corrected chi connectivity index (χ4v) is 18.3. The van der Waals surface area contributed by atoms with Crippen LogP contribution in [0, 0.1) is 139 Å². The second kappa shape index (κ2) is 12.8. The van der Waals surface area contributed by atoms with Crippen molar-refractivity contribution >= 4 is 0 Å². The third-order valence-electron chi connectivity index (χ3n) is 22.4. The molecule has 0 bridgehead atoms. The van der Waals surface area contributed by atoms with Crippen LogP contribution in [0.2, 0.25) is 0 Å². The summed E-state index contributed by atoms with van der Waals surface area (Å²) in [4.78, 5) is 0. The standard InChI is InChI=1S/C50H94/c1-27-29(3)34(8)41(35(9)30(27)4)39-26-40-43(38(12)33(39)7)47(20,21)50(48(22,23)44(13,14)15,49(24,25)45(40,16)17)46(18,19)42-36(10)31(5)28(2)32(6)37(42)11/h27-43H,26H2,1-25H3/t27?,28?,29-,30+,31-,32+,33-,34-,35+,36-,37+,38+,39+,40-,41?,42?,43+,50-/m0/s1. The number of rotatable bonds is 4. The molecule has 4 aliphatic rings. The lowest BCUT2D eigenvalue weighted by Crippen LogP contribution is -2.79. The van der Waals surface area contributed by atoms with Gasteiger partial charge in [-0.3, -0.25) is 0 Å². The van der Waals surface area contributed by atoms with E-state index in [0.717, 1.165) is 71.0 Å². The minimum atomic E-state index is 0.0703. The van der Waals surface area contributed by atoms with Gasteiger partial charge >= 0.3 is 0 Å². The fourth-order valence-electron chi connectivity index (χ4n) is 18.3. The Labute approximate surface area is 317 Å². The van der Waals surface area contributed by atoms with Gasteiger partial charge in [-0.1, -0.05) is 173 Å². The van der Waals surface area contributed by atoms with Crippen molar-refractivity contribution < 1.29 is 0 Å². The number of hydrogen-bond acceptors (Lipinski definition) is 0. The molecule has 0 heterocycles. The lowest BCUT2D eigenvalue weighted by atomic mass is 9.20. The summed E-state index contributed by atoms with van der Waals surface area (Å²) in [5.74, 6) is 13.0. The first-order valence-electron chi connectivity index (χ1n) is 22.3. The Bertz CT molecular complexity index is 1170. The maximum absolute atomic E-state index is 2.85. The lowest BCUT2D eigenvalue weighted by Gasteiger charge is -2.84. The smallest absolute Gasteiger partial charge is 0.00768 e. The van der Waals surface area contributed by atoms with Crippen molar-refractivity contribution in [2.75, 3.05) is 0 Å². The van der Waals surface area contributed by atoms with Gasteiger partial charge in [-0.05, 0) is 145 Å². The quantitative estimate of drug-likeness (QED) is 0.275. The van der Waals surface area contributed by atoms with E-state index >= 15 is 0 Å². The summed E-state index contributed by atoms with van der Waals surface area (Å²) in [5, 5.41) is 0. The molecule has 0 nitrogen and oxygen atoms in total. The first-order chi connectivity index (χ1) is 22.3. The summed E-state index contributed by atoms with van der Waals surface area (Å²) in [6.07, 6.45) is 1.43. The van der Waals surface area contributed by atoms with Crippen molar-refractivity contribution in [2.45, 2.75) is 180 Å². The first kappa shape index (κ1) is 42.7. The molecule has 0 amide bonds. The van der Waals surface area contributed by atoms with Gasteiger partial charge in [0.15, 0.2) is 0 Å². The van der Waals surface area contributed by atoms with E-state index < -0.39 is 0 Å². The summed E-state index contributed by atoms with van der Waals surface area (Å²) in [5.41, 5.74) is 0.856. The second-order valence-corrected chi connectivity index (χ2v) is 24.9. The van der Waals surface area contributed by atoms with Crippen LogP contribution >= 0.6 is 0 Å². The van der Waals surface area contributed by atoms with Gasteiger partial charge in [0.25, 0.3) is 0 Å². The minimum Gasteiger partial charge on any atom is -0.0620 e. The Kier molecular flexibility index (Phi) is 10.9. The Morgan fingerprint density at radius 3 is 1.16 bits per heavy atom. The fraction of sp³-hybridized carbons (Fsp3) is 1.00. The highest BCUT2D eigenvalue weighted by Gasteiger charge is 2.81. The monoisotopic (exact) mass is 695 g/mol. The van der Waals surface area contributed by atoms with Crippen LogP contribution in [-0.4, -0.2) is 0 Å². The van der Waals surface area contributed by atoms with Gasteiger partial charge in [-0.25, -0.2) is 0 Å². The molecule has 4 aliphatic carbocycles. The largest absolute Gasteiger partial charge is 0.0620 e. The van der Waals surface area contributed by atoms with Gasteiger partial charge in [-0.15, -0.1) is 0 Å². The summed E-state index contributed by atoms with van der Waals surface area (Å²) >= 11 is 0. The Morgan fingerprint density at radius 1 is 0.420 bits per heavy atom. The van der Waals surface area contributed by atoms with Crippen LogP contribution < -0.4 is 0 Å². The minimum absolute atomic E-state index is 0.0703. The maximum atomic E-state index is 2.85. The molecule has 0 aromatic rings. The average Bonchev–Trinajstić information content (AvgIpc) is 2.97. The van der Waals surface area contributed by atoms with Crippen LogP contribution in [0.25, 0.3) is 0 Å². The molecular formula is C50H94. The van der Waals surface area contributed by atoms with Crippen LogP contribution in [0.5, 0.6) is 0 Å². The predicted octanol–water partition coefficient (Wildman–Crippen LogP) is 15.3. The van der Waals surface area contributed by atoms with Crippen LogP contribution in [0.4, 0.5) is 0 Å². The highest BCUT2D eigenvalue weighted by Crippen LogP contribution is 2.86. The van der Waals surface area contributed by atoms with Gasteiger partial charge in [0.1, 0.15) is 0 Å². The van der Waals surface area contributed by atoms with Gasteiger partial charge in [0.2, 0.25) is 0 Å². The van der Waals surface area contributed by atoms with Crippen molar-refractivity contribution in [1.82, 2.24) is 0 Å². The zero-order chi connectivity index (χ0) is 39.0. The molecule has 294 valence electrons. The van der Waals surface area contributed by atoms with Crippen molar-refractivity contribution in [3.63, 3.8) is 0 Å². The summed E-state index contributed by atoms with van der Waals surface area (Å²) in [7, 11) is 0. The SMILES string of the molecule is CC1[C@@H](C)[C@@H](C)C([C@@H]2C[C@H]3[C@@H]([C@H](C)[C@@H]2C)C(C)(C)[C@@](C(C)(C)C2[C@@H](C)[C@@H](C)C(C)[C@@H](C)[C@H]2C)(C(C)(C)C(C)(C)C)C(C)(C)C3(C)C)[C@@H](C)[C@H]1C. The van der Waals surface area contributed by atoms with Crippen molar-refractivity contribution in [3.05, 3.63) is 0 Å². The molecule has 4 rings (SSSR count). The molecule has 4 saturated carbocycles. The van der Waals surface area contributed by atoms with Crippen LogP contribution in [0.1, 0.15) is 180 Å². The highest BCUT2D eigenvalue weighted by atomic mass is 14.8. The van der Waals surface area contributed by atoms with Gasteiger partial charge in [0.05, 0.1) is 0 Å². The Morgan fingerprint density at radius 2 is 0.780 bits per heavy atom. The van der Waals surface area contributed by atoms with Crippen molar-refractivity contribution in [1.29, 1.82) is 0 Å². The van der Waals surface area contributed by atoms with E-state index in [-0.39, 0.29) is 37.9 Å². The molecule has 18 atom stereocenters. The van der Waals surface area contributed by atoms with Gasteiger partial charge in [-0.2, -0.15) is 0 Å². The molecule has 4 fully saturated rings. The van der Waals surface area contributed by atoms with E-state index in [4.69, 9.17) is 0 Å². The van der Waals surface area contributed by atoms with Crippen LogP contribution in [0.15, 0.2) is 0 Å². The third kappa shape index (κ3) is 5.11. The average molecular weight is 695 g/mol. The molecule has 0 spiro atoms. The molecule has 50 heavy (non-hydrogen) atoms. The third-order valence-corrected chi connectivity index (χ3v) is 22.4. The topological polar surface area (TPSA) is 0 Å². The molecule has 0 radical (unpaired) electrons. The van der Waals surface area contributed by atoms with Crippen molar-refractivity contribution in [3.8, 4) is 0 Å². The predicted molar refractivity (Wildman–Crippen MR) is 223 cm³/mol. The van der Waals surface area contributed by atoms with E-state index in [1.807, 2.05) is 0 Å². The highest BCUT2D eigenvalue weighted by molar-refractivity contribution is 5.28. The van der Waals surface area contributed by atoms with E-state index in [9.17, 15) is 0 Å². The number of fused-ring (bicyclic) bond motifs is 1. The lowest BCUT2D eigenvalue weighted by molar-refractivity contribution is -0.367. The number of hydrogen-bond donors (Lipinski definition) is 0. The molecule has 0 aromatic heterocycles. The Hall–Kier alpha value is 0. The molecule has 0 N–H and O–H groups in total. The molecule has 4 unspecified atom stereocenters. The van der Waals surface area contributed by atoms with E-state index in [2.05, 4.69) is 173 Å². The molecule has 0 heteroatoms. The zero-order valence-electron chi connectivity index (χ0n) is 39.0. The van der Waals surface area contributed by atoms with E-state index in [1.165, 1.54) is 6.42 Å². The van der Waals surface area contributed by atoms with Crippen molar-refractivity contribution in [2.24, 2.45) is 139 Å². The second-order valence-electron chi connectivity index (χ2n) is 24.9. The van der Waals surface area contributed by atoms with Crippen LogP contribution in [0.3, 0.4) is 0 Å². The summed E-state index contributed by atoms with van der Waals surface area (Å²) < 4.78 is 0. The first-order valence-corrected chi connectivity index (χ1v) is 22.3. The van der Waals surface area contributed by atoms with E-state index in [1.54, 1.807) is 0 Å². The molecule has 0 aromatic carbocycles. The molecule has 0 saturated heterocycles. The van der Waals surface area contributed by atoms with Gasteiger partial charge < -0.3 is 0 Å². The zero-order valence-corrected chi connectivity index (χ0v) is 39.0. The summed E-state index contributed by atoms with van der Waals surface area (Å²) in [6.45, 7) is 67.7. The van der Waals surface area contributed by atoms with Gasteiger partial charge in [0, 0.05) is 0 Å². The maximum Gasteiger partial charge on any atom is -0.00768 e. The Balaban J connectivity index is 2.04. The molecular weight excluding hydrogens is 601 g/mol. The van der Waals surface area contributed by atoms with E-state index in [0.29, 0.717) is 29.6 Å². The normalized spacial score (nSPS) is 51.2. The van der Waals surface area contributed by atoms with Crippen LogP contribution in [-0.2, 0) is 0 Å².